The third-order valence-electron chi connectivity index (χ3n) is 6.48. The van der Waals surface area contributed by atoms with Gasteiger partial charge in [-0.25, -0.2) is 0 Å². The molecule has 1 fully saturated rings. The van der Waals surface area contributed by atoms with E-state index in [1.165, 1.54) is 5.56 Å². The molecule has 0 saturated carbocycles. The van der Waals surface area contributed by atoms with Crippen LogP contribution in [0.3, 0.4) is 0 Å². The fourth-order valence-corrected chi connectivity index (χ4v) is 5.52. The van der Waals surface area contributed by atoms with Crippen molar-refractivity contribution in [1.82, 2.24) is 4.90 Å². The van der Waals surface area contributed by atoms with Gasteiger partial charge in [-0.3, -0.25) is 4.90 Å². The summed E-state index contributed by atoms with van der Waals surface area (Å²) in [6, 6.07) is 22.0. The van der Waals surface area contributed by atoms with Crippen molar-refractivity contribution in [3.05, 3.63) is 92.4 Å². The molecule has 2 heterocycles. The lowest BCUT2D eigenvalue weighted by Gasteiger charge is -2.47. The molecule has 0 aliphatic carbocycles. The summed E-state index contributed by atoms with van der Waals surface area (Å²) >= 11 is 19.0. The number of hydrogen-bond donors (Lipinski definition) is 0. The SMILES string of the molecule is N#Cc1ccc2c(c1)OCCC2N1CCN(c2ccc(Cl)cc2Cl)C(c2ccc(Cl)cc2)C1. The molecular weight excluding hydrogens is 477 g/mol. The van der Waals surface area contributed by atoms with Gasteiger partial charge in [-0.15, -0.1) is 0 Å². The molecule has 7 heteroatoms. The van der Waals surface area contributed by atoms with E-state index in [0.717, 1.165) is 43.1 Å². The van der Waals surface area contributed by atoms with Crippen LogP contribution in [0, 0.1) is 11.3 Å². The molecule has 2 aliphatic heterocycles. The second kappa shape index (κ2) is 9.44. The quantitative estimate of drug-likeness (QED) is 0.393. The van der Waals surface area contributed by atoms with Gasteiger partial charge in [0, 0.05) is 47.7 Å². The van der Waals surface area contributed by atoms with Gasteiger partial charge in [0.2, 0.25) is 0 Å². The number of hydrogen-bond acceptors (Lipinski definition) is 4. The minimum Gasteiger partial charge on any atom is -0.493 e. The molecule has 0 radical (unpaired) electrons. The number of rotatable bonds is 3. The van der Waals surface area contributed by atoms with E-state index in [0.29, 0.717) is 27.2 Å². The van der Waals surface area contributed by atoms with E-state index in [1.54, 1.807) is 6.07 Å². The maximum absolute atomic E-state index is 9.26. The van der Waals surface area contributed by atoms with Crippen LogP contribution in [-0.2, 0) is 0 Å². The van der Waals surface area contributed by atoms with E-state index in [-0.39, 0.29) is 12.1 Å². The van der Waals surface area contributed by atoms with E-state index < -0.39 is 0 Å². The zero-order valence-electron chi connectivity index (χ0n) is 17.8. The Kier molecular flexibility index (Phi) is 6.40. The lowest BCUT2D eigenvalue weighted by Crippen LogP contribution is -2.50. The minimum atomic E-state index is 0.0966. The van der Waals surface area contributed by atoms with Gasteiger partial charge in [-0.2, -0.15) is 5.26 Å². The van der Waals surface area contributed by atoms with Crippen molar-refractivity contribution in [2.75, 3.05) is 31.1 Å². The average Bonchev–Trinajstić information content (AvgIpc) is 2.83. The molecule has 3 aromatic rings. The van der Waals surface area contributed by atoms with Crippen molar-refractivity contribution in [3.63, 3.8) is 0 Å². The highest BCUT2D eigenvalue weighted by molar-refractivity contribution is 6.36. The summed E-state index contributed by atoms with van der Waals surface area (Å²) < 4.78 is 5.90. The molecule has 3 aromatic carbocycles. The minimum absolute atomic E-state index is 0.0966. The van der Waals surface area contributed by atoms with Crippen molar-refractivity contribution >= 4 is 40.5 Å². The van der Waals surface area contributed by atoms with Crippen LogP contribution in [0.5, 0.6) is 5.75 Å². The summed E-state index contributed by atoms with van der Waals surface area (Å²) in [4.78, 5) is 4.88. The number of nitrogens with zero attached hydrogens (tertiary/aromatic N) is 3. The predicted molar refractivity (Wildman–Crippen MR) is 134 cm³/mol. The van der Waals surface area contributed by atoms with Crippen molar-refractivity contribution in [1.29, 1.82) is 5.26 Å². The lowest BCUT2D eigenvalue weighted by atomic mass is 9.94. The van der Waals surface area contributed by atoms with Gasteiger partial charge in [0.25, 0.3) is 0 Å². The Morgan fingerprint density at radius 2 is 1.67 bits per heavy atom. The first-order valence-corrected chi connectivity index (χ1v) is 12.0. The molecule has 2 atom stereocenters. The van der Waals surface area contributed by atoms with Gasteiger partial charge in [-0.05, 0) is 48.0 Å². The first-order chi connectivity index (χ1) is 16.0. The topological polar surface area (TPSA) is 39.5 Å². The zero-order chi connectivity index (χ0) is 22.9. The van der Waals surface area contributed by atoms with Crippen LogP contribution in [0.2, 0.25) is 15.1 Å². The summed E-state index contributed by atoms with van der Waals surface area (Å²) in [5, 5.41) is 11.3. The predicted octanol–water partition coefficient (Wildman–Crippen LogP) is 6.91. The molecule has 4 nitrogen and oxygen atoms in total. The Bertz CT molecular complexity index is 1210. The second-order valence-corrected chi connectivity index (χ2v) is 9.65. The van der Waals surface area contributed by atoms with E-state index in [1.807, 2.05) is 42.5 Å². The second-order valence-electron chi connectivity index (χ2n) is 8.37. The molecule has 33 heavy (non-hydrogen) atoms. The van der Waals surface area contributed by atoms with Gasteiger partial charge < -0.3 is 9.64 Å². The van der Waals surface area contributed by atoms with Crippen LogP contribution in [0.4, 0.5) is 5.69 Å². The summed E-state index contributed by atoms with van der Waals surface area (Å²) in [5.74, 6) is 0.816. The number of fused-ring (bicyclic) bond motifs is 1. The number of piperazine rings is 1. The monoisotopic (exact) mass is 497 g/mol. The van der Waals surface area contributed by atoms with Crippen LogP contribution >= 0.6 is 34.8 Å². The highest BCUT2D eigenvalue weighted by Gasteiger charge is 2.35. The van der Waals surface area contributed by atoms with Crippen LogP contribution < -0.4 is 9.64 Å². The molecule has 0 bridgehead atoms. The molecular formula is C26H22Cl3N3O. The van der Waals surface area contributed by atoms with Crippen molar-refractivity contribution in [2.45, 2.75) is 18.5 Å². The highest BCUT2D eigenvalue weighted by atomic mass is 35.5. The molecule has 0 spiro atoms. The van der Waals surface area contributed by atoms with Gasteiger partial charge in [0.15, 0.2) is 0 Å². The number of benzene rings is 3. The maximum atomic E-state index is 9.26. The van der Waals surface area contributed by atoms with E-state index >= 15 is 0 Å². The average molecular weight is 499 g/mol. The molecule has 2 unspecified atom stereocenters. The summed E-state index contributed by atoms with van der Waals surface area (Å²) in [6.07, 6.45) is 0.911. The van der Waals surface area contributed by atoms with E-state index in [4.69, 9.17) is 39.5 Å². The first-order valence-electron chi connectivity index (χ1n) is 10.9. The third kappa shape index (κ3) is 4.52. The molecule has 0 N–H and O–H groups in total. The third-order valence-corrected chi connectivity index (χ3v) is 7.27. The zero-order valence-corrected chi connectivity index (χ0v) is 20.1. The molecule has 1 saturated heterocycles. The maximum Gasteiger partial charge on any atom is 0.125 e. The van der Waals surface area contributed by atoms with E-state index in [9.17, 15) is 5.26 Å². The Morgan fingerprint density at radius 1 is 0.879 bits per heavy atom. The van der Waals surface area contributed by atoms with E-state index in [2.05, 4.69) is 28.0 Å². The van der Waals surface area contributed by atoms with Gasteiger partial charge in [-0.1, -0.05) is 53.0 Å². The normalized spacial score (nSPS) is 20.6. The number of halogens is 3. The Morgan fingerprint density at radius 3 is 2.42 bits per heavy atom. The number of ether oxygens (including phenoxy) is 1. The molecule has 5 rings (SSSR count). The van der Waals surface area contributed by atoms with Crippen molar-refractivity contribution in [3.8, 4) is 11.8 Å². The Balaban J connectivity index is 1.49. The number of anilines is 1. The van der Waals surface area contributed by atoms with Crippen LogP contribution in [-0.4, -0.2) is 31.1 Å². The smallest absolute Gasteiger partial charge is 0.125 e. The fraction of sp³-hybridized carbons (Fsp3) is 0.269. The van der Waals surface area contributed by atoms with Crippen molar-refractivity contribution < 1.29 is 4.74 Å². The Labute approximate surface area is 208 Å². The number of nitriles is 1. The van der Waals surface area contributed by atoms with Crippen molar-refractivity contribution in [2.24, 2.45) is 0 Å². The van der Waals surface area contributed by atoms with Crippen LogP contribution in [0.1, 0.15) is 35.2 Å². The molecule has 168 valence electrons. The largest absolute Gasteiger partial charge is 0.493 e. The summed E-state index contributed by atoms with van der Waals surface area (Å²) in [7, 11) is 0. The van der Waals surface area contributed by atoms with Gasteiger partial charge in [0.1, 0.15) is 5.75 Å². The summed E-state index contributed by atoms with van der Waals surface area (Å²) in [6.45, 7) is 3.16. The highest BCUT2D eigenvalue weighted by Crippen LogP contribution is 2.42. The van der Waals surface area contributed by atoms with Gasteiger partial charge >= 0.3 is 0 Å². The fourth-order valence-electron chi connectivity index (χ4n) is 4.88. The lowest BCUT2D eigenvalue weighted by molar-refractivity contribution is 0.117. The standard InChI is InChI=1S/C26H22Cl3N3O/c27-19-4-2-18(3-5-19)25-16-31(10-11-32(25)24-8-6-20(28)14-22(24)29)23-9-12-33-26-13-17(15-30)1-7-21(23)26/h1-8,13-14,23,25H,9-12,16H2. The van der Waals surface area contributed by atoms with Crippen LogP contribution in [0.15, 0.2) is 60.7 Å². The van der Waals surface area contributed by atoms with Crippen LogP contribution in [0.25, 0.3) is 0 Å². The molecule has 2 aliphatic rings. The first kappa shape index (κ1) is 22.4. The molecule has 0 aromatic heterocycles. The summed E-state index contributed by atoms with van der Waals surface area (Å²) in [5.41, 5.74) is 3.93. The molecule has 0 amide bonds. The van der Waals surface area contributed by atoms with Gasteiger partial charge in [0.05, 0.1) is 35.0 Å². The Hall–Kier alpha value is -2.42.